The fourth-order valence-corrected chi connectivity index (χ4v) is 2.35. The van der Waals surface area contributed by atoms with Crippen molar-refractivity contribution < 1.29 is 9.53 Å². The van der Waals surface area contributed by atoms with Gasteiger partial charge in [0, 0.05) is 11.1 Å². The van der Waals surface area contributed by atoms with Crippen LogP contribution in [0.5, 0.6) is 0 Å². The Morgan fingerprint density at radius 1 is 1.45 bits per heavy atom. The van der Waals surface area contributed by atoms with Gasteiger partial charge in [0.2, 0.25) is 0 Å². The number of allylic oxidation sites excluding steroid dienone is 7. The molecule has 0 bridgehead atoms. The van der Waals surface area contributed by atoms with Gasteiger partial charge in [0.15, 0.2) is 0 Å². The summed E-state index contributed by atoms with van der Waals surface area (Å²) in [5.74, 6) is 0.707. The lowest BCUT2D eigenvalue weighted by Gasteiger charge is -2.07. The van der Waals surface area contributed by atoms with Crippen molar-refractivity contribution in [3.05, 3.63) is 58.6 Å². The first kappa shape index (κ1) is 16.4. The van der Waals surface area contributed by atoms with Crippen LogP contribution in [-0.4, -0.2) is 12.6 Å². The molecule has 2 heteroatoms. The van der Waals surface area contributed by atoms with Crippen molar-refractivity contribution in [3.8, 4) is 0 Å². The van der Waals surface area contributed by atoms with E-state index >= 15 is 0 Å². The third-order valence-corrected chi connectivity index (χ3v) is 3.79. The van der Waals surface area contributed by atoms with E-state index in [-0.39, 0.29) is 5.97 Å². The van der Waals surface area contributed by atoms with Crippen molar-refractivity contribution in [1.82, 2.24) is 0 Å². The van der Waals surface area contributed by atoms with Crippen LogP contribution in [0.3, 0.4) is 0 Å². The highest BCUT2D eigenvalue weighted by Gasteiger charge is 2.20. The number of esters is 1. The number of hydrogen-bond donors (Lipinski definition) is 0. The molecule has 0 aromatic carbocycles. The molecule has 22 heavy (non-hydrogen) atoms. The molecule has 1 saturated carbocycles. The van der Waals surface area contributed by atoms with Gasteiger partial charge in [0.25, 0.3) is 0 Å². The number of rotatable bonds is 8. The van der Waals surface area contributed by atoms with Gasteiger partial charge in [-0.25, -0.2) is 4.79 Å². The monoisotopic (exact) mass is 296 g/mol. The van der Waals surface area contributed by atoms with Gasteiger partial charge in [-0.1, -0.05) is 37.3 Å². The van der Waals surface area contributed by atoms with Crippen molar-refractivity contribution in [3.63, 3.8) is 0 Å². The molecule has 2 aliphatic rings. The third kappa shape index (κ3) is 5.77. The highest BCUT2D eigenvalue weighted by molar-refractivity contribution is 5.89. The SMILES string of the molecule is CC/C(=C\C(C)=C\C1=C=C=CC=C1)C(=O)OCCCC1CC1. The number of carbonyl (C=O) groups is 1. The van der Waals surface area contributed by atoms with E-state index in [1.54, 1.807) is 0 Å². The van der Waals surface area contributed by atoms with E-state index in [0.717, 1.165) is 29.1 Å². The second kappa shape index (κ2) is 8.44. The second-order valence-electron chi connectivity index (χ2n) is 5.88. The molecule has 1 fully saturated rings. The first-order valence-corrected chi connectivity index (χ1v) is 8.13. The summed E-state index contributed by atoms with van der Waals surface area (Å²) < 4.78 is 5.38. The van der Waals surface area contributed by atoms with Gasteiger partial charge in [-0.05, 0) is 62.0 Å². The van der Waals surface area contributed by atoms with Gasteiger partial charge < -0.3 is 4.74 Å². The van der Waals surface area contributed by atoms with E-state index < -0.39 is 0 Å². The quantitative estimate of drug-likeness (QED) is 0.211. The Bertz CT molecular complexity index is 600. The minimum atomic E-state index is -0.186. The zero-order chi connectivity index (χ0) is 15.8. The van der Waals surface area contributed by atoms with E-state index in [4.69, 9.17) is 4.74 Å². The molecule has 116 valence electrons. The minimum absolute atomic E-state index is 0.186. The lowest BCUT2D eigenvalue weighted by atomic mass is 10.1. The summed E-state index contributed by atoms with van der Waals surface area (Å²) in [5, 5.41) is 0. The van der Waals surface area contributed by atoms with Crippen LogP contribution in [0.2, 0.25) is 0 Å². The Morgan fingerprint density at radius 3 is 2.91 bits per heavy atom. The van der Waals surface area contributed by atoms with Crippen LogP contribution in [0.25, 0.3) is 0 Å². The number of carbonyl (C=O) groups excluding carboxylic acids is 1. The summed E-state index contributed by atoms with van der Waals surface area (Å²) in [4.78, 5) is 12.1. The molecule has 0 heterocycles. The molecule has 0 aromatic rings. The fraction of sp³-hybridized carbons (Fsp3) is 0.450. The summed E-state index contributed by atoms with van der Waals surface area (Å²) in [6.07, 6.45) is 15.2. The van der Waals surface area contributed by atoms with Crippen LogP contribution in [0.1, 0.15) is 46.0 Å². The van der Waals surface area contributed by atoms with Crippen molar-refractivity contribution in [2.45, 2.75) is 46.0 Å². The first-order chi connectivity index (χ1) is 10.7. The maximum absolute atomic E-state index is 12.1. The van der Waals surface area contributed by atoms with E-state index in [0.29, 0.717) is 13.0 Å². The van der Waals surface area contributed by atoms with Crippen LogP contribution in [0.4, 0.5) is 0 Å². The number of ether oxygens (including phenoxy) is 1. The summed E-state index contributed by atoms with van der Waals surface area (Å²) in [6, 6.07) is 0. The normalized spacial score (nSPS) is 17.6. The standard InChI is InChI=1S/C20H24O2/c1-3-19(20(21)22-13-7-10-17-11-12-17)15-16(2)14-18-8-5-4-6-9-18/h4-5,8,14-15,17H,3,7,10-13H2,1-2H3/b16-14+,19-15+. The molecule has 0 atom stereocenters. The average Bonchev–Trinajstić information content (AvgIpc) is 3.34. The molecule has 2 rings (SSSR count). The van der Waals surface area contributed by atoms with Crippen molar-refractivity contribution in [2.75, 3.05) is 6.61 Å². The zero-order valence-corrected chi connectivity index (χ0v) is 13.5. The van der Waals surface area contributed by atoms with Crippen LogP contribution in [0, 0.1) is 5.92 Å². The van der Waals surface area contributed by atoms with E-state index in [1.807, 2.05) is 44.2 Å². The molecule has 2 nitrogen and oxygen atoms in total. The molecule has 0 aromatic heterocycles. The predicted octanol–water partition coefficient (Wildman–Crippen LogP) is 4.81. The maximum Gasteiger partial charge on any atom is 0.333 e. The molecule has 0 N–H and O–H groups in total. The fourth-order valence-electron chi connectivity index (χ4n) is 2.35. The van der Waals surface area contributed by atoms with Crippen LogP contribution >= 0.6 is 0 Å². The molecule has 0 unspecified atom stereocenters. The minimum Gasteiger partial charge on any atom is -0.462 e. The highest BCUT2D eigenvalue weighted by atomic mass is 16.5. The third-order valence-electron chi connectivity index (χ3n) is 3.79. The van der Waals surface area contributed by atoms with Crippen LogP contribution in [-0.2, 0) is 9.53 Å². The number of hydrogen-bond acceptors (Lipinski definition) is 2. The van der Waals surface area contributed by atoms with Gasteiger partial charge in [0.1, 0.15) is 0 Å². The van der Waals surface area contributed by atoms with Gasteiger partial charge in [0.05, 0.1) is 6.61 Å². The van der Waals surface area contributed by atoms with Crippen molar-refractivity contribution in [1.29, 1.82) is 0 Å². The highest BCUT2D eigenvalue weighted by Crippen LogP contribution is 2.33. The van der Waals surface area contributed by atoms with E-state index in [9.17, 15) is 4.79 Å². The van der Waals surface area contributed by atoms with E-state index in [2.05, 4.69) is 11.5 Å². The summed E-state index contributed by atoms with van der Waals surface area (Å²) in [5.41, 5.74) is 8.66. The Kier molecular flexibility index (Phi) is 6.27. The summed E-state index contributed by atoms with van der Waals surface area (Å²) >= 11 is 0. The van der Waals surface area contributed by atoms with Crippen LogP contribution < -0.4 is 0 Å². The van der Waals surface area contributed by atoms with Gasteiger partial charge in [-0.2, -0.15) is 0 Å². The summed E-state index contributed by atoms with van der Waals surface area (Å²) in [6.45, 7) is 4.50. The van der Waals surface area contributed by atoms with Gasteiger partial charge in [-0.3, -0.25) is 0 Å². The van der Waals surface area contributed by atoms with Crippen molar-refractivity contribution >= 4 is 5.97 Å². The Labute approximate surface area is 133 Å². The Morgan fingerprint density at radius 2 is 2.27 bits per heavy atom. The molecule has 0 amide bonds. The smallest absolute Gasteiger partial charge is 0.333 e. The largest absolute Gasteiger partial charge is 0.462 e. The van der Waals surface area contributed by atoms with E-state index in [1.165, 1.54) is 19.3 Å². The second-order valence-corrected chi connectivity index (χ2v) is 5.88. The molecular weight excluding hydrogens is 272 g/mol. The first-order valence-electron chi connectivity index (χ1n) is 8.13. The molecule has 0 saturated heterocycles. The van der Waals surface area contributed by atoms with Gasteiger partial charge in [-0.15, -0.1) is 0 Å². The lowest BCUT2D eigenvalue weighted by molar-refractivity contribution is -0.139. The molecular formula is C20H24O2. The maximum atomic E-state index is 12.1. The van der Waals surface area contributed by atoms with Crippen LogP contribution in [0.15, 0.2) is 58.6 Å². The Hall–Kier alpha value is -2.01. The molecule has 2 aliphatic carbocycles. The Balaban J connectivity index is 1.88. The van der Waals surface area contributed by atoms with Crippen molar-refractivity contribution in [2.24, 2.45) is 5.92 Å². The molecule has 0 radical (unpaired) electrons. The average molecular weight is 296 g/mol. The lowest BCUT2D eigenvalue weighted by Crippen LogP contribution is -2.09. The topological polar surface area (TPSA) is 26.3 Å². The molecule has 0 aliphatic heterocycles. The zero-order valence-electron chi connectivity index (χ0n) is 13.5. The van der Waals surface area contributed by atoms with Gasteiger partial charge >= 0.3 is 5.97 Å². The summed E-state index contributed by atoms with van der Waals surface area (Å²) in [7, 11) is 0. The predicted molar refractivity (Wildman–Crippen MR) is 89.3 cm³/mol. The molecule has 0 spiro atoms.